The number of rotatable bonds is 3. The van der Waals surface area contributed by atoms with Gasteiger partial charge < -0.3 is 9.80 Å². The van der Waals surface area contributed by atoms with Gasteiger partial charge in [0.25, 0.3) is 0 Å². The first-order valence-corrected chi connectivity index (χ1v) is 8.84. The molecular formula is C20H30N2O2. The minimum absolute atomic E-state index is 0.0218. The van der Waals surface area contributed by atoms with Crippen LogP contribution in [0, 0.1) is 5.92 Å². The van der Waals surface area contributed by atoms with E-state index >= 15 is 0 Å². The minimum Gasteiger partial charge on any atom is -0.339 e. The third-order valence-corrected chi connectivity index (χ3v) is 4.61. The lowest BCUT2D eigenvalue weighted by Gasteiger charge is -2.35. The molecule has 1 aliphatic heterocycles. The highest BCUT2D eigenvalue weighted by Crippen LogP contribution is 2.22. The molecule has 0 unspecified atom stereocenters. The molecule has 1 fully saturated rings. The highest BCUT2D eigenvalue weighted by molar-refractivity contribution is 5.80. The zero-order chi connectivity index (χ0) is 17.9. The van der Waals surface area contributed by atoms with Crippen molar-refractivity contribution in [3.8, 4) is 0 Å². The van der Waals surface area contributed by atoms with Crippen LogP contribution in [0.2, 0.25) is 0 Å². The number of piperazine rings is 1. The Balaban J connectivity index is 1.89. The van der Waals surface area contributed by atoms with Gasteiger partial charge in [0.1, 0.15) is 0 Å². The summed E-state index contributed by atoms with van der Waals surface area (Å²) in [6.07, 6.45) is 0.433. The predicted octanol–water partition coefficient (Wildman–Crippen LogP) is 2.85. The maximum atomic E-state index is 12.5. The third-order valence-electron chi connectivity index (χ3n) is 4.61. The molecule has 0 atom stereocenters. The monoisotopic (exact) mass is 330 g/mol. The number of hydrogen-bond donors (Lipinski definition) is 0. The van der Waals surface area contributed by atoms with Gasteiger partial charge in [-0.25, -0.2) is 0 Å². The Kier molecular flexibility index (Phi) is 5.68. The summed E-state index contributed by atoms with van der Waals surface area (Å²) in [4.78, 5) is 28.2. The van der Waals surface area contributed by atoms with Crippen molar-refractivity contribution in [3.05, 3.63) is 35.4 Å². The van der Waals surface area contributed by atoms with Crippen LogP contribution in [0.4, 0.5) is 0 Å². The van der Waals surface area contributed by atoms with Gasteiger partial charge in [-0.05, 0) is 16.5 Å². The first kappa shape index (κ1) is 18.5. The summed E-state index contributed by atoms with van der Waals surface area (Å²) in [7, 11) is 0. The molecule has 1 heterocycles. The molecule has 132 valence electrons. The van der Waals surface area contributed by atoms with Crippen molar-refractivity contribution in [2.75, 3.05) is 26.2 Å². The molecule has 0 aliphatic carbocycles. The molecule has 1 aromatic carbocycles. The van der Waals surface area contributed by atoms with E-state index in [-0.39, 0.29) is 23.1 Å². The standard InChI is InChI=1S/C20H30N2O2/c1-15(2)19(24)22-12-10-21(11-13-22)18(23)14-16-6-8-17(9-7-16)20(3,4)5/h6-9,15H,10-14H2,1-5H3. The highest BCUT2D eigenvalue weighted by atomic mass is 16.2. The molecule has 0 radical (unpaired) electrons. The van der Waals surface area contributed by atoms with Crippen molar-refractivity contribution >= 4 is 11.8 Å². The average molecular weight is 330 g/mol. The van der Waals surface area contributed by atoms with Crippen molar-refractivity contribution in [3.63, 3.8) is 0 Å². The van der Waals surface area contributed by atoms with E-state index in [1.165, 1.54) is 5.56 Å². The van der Waals surface area contributed by atoms with E-state index in [0.717, 1.165) is 5.56 Å². The Morgan fingerprint density at radius 2 is 1.46 bits per heavy atom. The van der Waals surface area contributed by atoms with Gasteiger partial charge in [0.2, 0.25) is 11.8 Å². The number of amides is 2. The van der Waals surface area contributed by atoms with Crippen molar-refractivity contribution < 1.29 is 9.59 Å². The van der Waals surface area contributed by atoms with Crippen LogP contribution in [0.15, 0.2) is 24.3 Å². The van der Waals surface area contributed by atoms with Crippen LogP contribution in [0.25, 0.3) is 0 Å². The quantitative estimate of drug-likeness (QED) is 0.855. The zero-order valence-corrected chi connectivity index (χ0v) is 15.6. The van der Waals surface area contributed by atoms with Gasteiger partial charge in [0.05, 0.1) is 6.42 Å². The smallest absolute Gasteiger partial charge is 0.227 e. The summed E-state index contributed by atoms with van der Waals surface area (Å²) in [5, 5.41) is 0. The van der Waals surface area contributed by atoms with Crippen LogP contribution in [0.3, 0.4) is 0 Å². The summed E-state index contributed by atoms with van der Waals surface area (Å²) in [5.41, 5.74) is 2.45. The third kappa shape index (κ3) is 4.59. The van der Waals surface area contributed by atoms with Crippen LogP contribution in [0.5, 0.6) is 0 Å². The van der Waals surface area contributed by atoms with E-state index in [9.17, 15) is 9.59 Å². The van der Waals surface area contributed by atoms with Crippen molar-refractivity contribution in [2.45, 2.75) is 46.5 Å². The minimum atomic E-state index is 0.0218. The fourth-order valence-electron chi connectivity index (χ4n) is 2.95. The molecule has 4 nitrogen and oxygen atoms in total. The second-order valence-electron chi connectivity index (χ2n) is 7.98. The molecule has 24 heavy (non-hydrogen) atoms. The molecule has 0 spiro atoms. The van der Waals surface area contributed by atoms with Gasteiger partial charge in [-0.15, -0.1) is 0 Å². The number of benzene rings is 1. The lowest BCUT2D eigenvalue weighted by Crippen LogP contribution is -2.51. The Bertz CT molecular complexity index is 577. The van der Waals surface area contributed by atoms with E-state index in [1.807, 2.05) is 23.6 Å². The van der Waals surface area contributed by atoms with E-state index in [4.69, 9.17) is 0 Å². The van der Waals surface area contributed by atoms with Crippen LogP contribution in [-0.4, -0.2) is 47.8 Å². The van der Waals surface area contributed by atoms with Gasteiger partial charge in [-0.1, -0.05) is 58.9 Å². The maximum absolute atomic E-state index is 12.5. The Hall–Kier alpha value is -1.84. The average Bonchev–Trinajstić information content (AvgIpc) is 2.54. The second-order valence-corrected chi connectivity index (χ2v) is 7.98. The summed E-state index contributed by atoms with van der Waals surface area (Å²) < 4.78 is 0. The number of carbonyl (C=O) groups excluding carboxylic acids is 2. The van der Waals surface area contributed by atoms with Crippen molar-refractivity contribution in [1.29, 1.82) is 0 Å². The number of hydrogen-bond acceptors (Lipinski definition) is 2. The molecular weight excluding hydrogens is 300 g/mol. The first-order valence-electron chi connectivity index (χ1n) is 8.84. The SMILES string of the molecule is CC(C)C(=O)N1CCN(C(=O)Cc2ccc(C(C)(C)C)cc2)CC1. The van der Waals surface area contributed by atoms with Crippen LogP contribution < -0.4 is 0 Å². The fourth-order valence-corrected chi connectivity index (χ4v) is 2.95. The molecule has 0 aromatic heterocycles. The van der Waals surface area contributed by atoms with Crippen LogP contribution in [-0.2, 0) is 21.4 Å². The normalized spacial score (nSPS) is 15.8. The number of nitrogens with zero attached hydrogens (tertiary/aromatic N) is 2. The lowest BCUT2D eigenvalue weighted by atomic mass is 9.86. The van der Waals surface area contributed by atoms with Crippen LogP contribution >= 0.6 is 0 Å². The van der Waals surface area contributed by atoms with Gasteiger partial charge >= 0.3 is 0 Å². The van der Waals surface area contributed by atoms with E-state index in [0.29, 0.717) is 32.6 Å². The molecule has 1 aromatic rings. The molecule has 0 bridgehead atoms. The molecule has 1 saturated heterocycles. The van der Waals surface area contributed by atoms with Gasteiger partial charge in [0, 0.05) is 32.1 Å². The molecule has 1 aliphatic rings. The maximum Gasteiger partial charge on any atom is 0.227 e. The molecule has 2 amide bonds. The summed E-state index contributed by atoms with van der Waals surface area (Å²) >= 11 is 0. The Morgan fingerprint density at radius 3 is 1.92 bits per heavy atom. The summed E-state index contributed by atoms with van der Waals surface area (Å²) in [6, 6.07) is 8.33. The van der Waals surface area contributed by atoms with Gasteiger partial charge in [-0.3, -0.25) is 9.59 Å². The zero-order valence-electron chi connectivity index (χ0n) is 15.6. The highest BCUT2D eigenvalue weighted by Gasteiger charge is 2.25. The summed E-state index contributed by atoms with van der Waals surface area (Å²) in [6.45, 7) is 13.0. The predicted molar refractivity (Wildman–Crippen MR) is 96.8 cm³/mol. The van der Waals surface area contributed by atoms with E-state index in [1.54, 1.807) is 0 Å². The fraction of sp³-hybridized carbons (Fsp3) is 0.600. The molecule has 0 saturated carbocycles. The number of carbonyl (C=O) groups is 2. The Morgan fingerprint density at radius 1 is 0.958 bits per heavy atom. The van der Waals surface area contributed by atoms with Crippen molar-refractivity contribution in [1.82, 2.24) is 9.80 Å². The molecule has 4 heteroatoms. The van der Waals surface area contributed by atoms with Crippen LogP contribution in [0.1, 0.15) is 45.7 Å². The largest absolute Gasteiger partial charge is 0.339 e. The molecule has 0 N–H and O–H groups in total. The Labute approximate surface area is 145 Å². The first-order chi connectivity index (χ1) is 11.2. The summed E-state index contributed by atoms with van der Waals surface area (Å²) in [5.74, 6) is 0.351. The van der Waals surface area contributed by atoms with Crippen molar-refractivity contribution in [2.24, 2.45) is 5.92 Å². The van der Waals surface area contributed by atoms with E-state index < -0.39 is 0 Å². The topological polar surface area (TPSA) is 40.6 Å². The lowest BCUT2D eigenvalue weighted by molar-refractivity contribution is -0.141. The van der Waals surface area contributed by atoms with E-state index in [2.05, 4.69) is 45.0 Å². The second kappa shape index (κ2) is 7.37. The van der Waals surface area contributed by atoms with Gasteiger partial charge in [0.15, 0.2) is 0 Å². The molecule has 2 rings (SSSR count). The van der Waals surface area contributed by atoms with Gasteiger partial charge in [-0.2, -0.15) is 0 Å².